The Morgan fingerprint density at radius 3 is 2.32 bits per heavy atom. The molecular weight excluding hydrogens is 357 g/mol. The average molecular weight is 383 g/mol. The van der Waals surface area contributed by atoms with Gasteiger partial charge < -0.3 is 15.1 Å². The number of hydrogen-bond acceptors (Lipinski definition) is 3. The summed E-state index contributed by atoms with van der Waals surface area (Å²) >= 11 is 0. The van der Waals surface area contributed by atoms with Gasteiger partial charge in [0.25, 0.3) is 0 Å². The van der Waals surface area contributed by atoms with Crippen molar-refractivity contribution in [1.82, 2.24) is 4.90 Å². The van der Waals surface area contributed by atoms with Gasteiger partial charge in [-0.2, -0.15) is 0 Å². The van der Waals surface area contributed by atoms with Crippen LogP contribution in [0.5, 0.6) is 0 Å². The fourth-order valence-corrected chi connectivity index (χ4v) is 3.46. The number of halogens is 1. The van der Waals surface area contributed by atoms with Gasteiger partial charge in [-0.05, 0) is 29.7 Å². The van der Waals surface area contributed by atoms with Gasteiger partial charge in [0.1, 0.15) is 12.2 Å². The van der Waals surface area contributed by atoms with Crippen molar-refractivity contribution in [1.29, 1.82) is 0 Å². The Balaban J connectivity index is 1.53. The van der Waals surface area contributed by atoms with Crippen molar-refractivity contribution in [3.63, 3.8) is 0 Å². The lowest BCUT2D eigenvalue weighted by Crippen LogP contribution is -2.49. The molecule has 5 nitrogen and oxygen atoms in total. The Hall–Kier alpha value is -2.89. The molecule has 148 valence electrons. The topological polar surface area (TPSA) is 52.7 Å². The highest BCUT2D eigenvalue weighted by Gasteiger charge is 2.24. The number of benzene rings is 2. The van der Waals surface area contributed by atoms with Crippen LogP contribution in [-0.4, -0.2) is 42.9 Å². The Bertz CT molecular complexity index is 845. The Labute approximate surface area is 165 Å². The lowest BCUT2D eigenvalue weighted by molar-refractivity contribution is -0.134. The van der Waals surface area contributed by atoms with Gasteiger partial charge in [0.05, 0.1) is 5.69 Å². The van der Waals surface area contributed by atoms with Crippen LogP contribution in [0.1, 0.15) is 31.7 Å². The van der Waals surface area contributed by atoms with Crippen molar-refractivity contribution < 1.29 is 14.0 Å². The molecule has 0 bridgehead atoms. The average Bonchev–Trinajstić information content (AvgIpc) is 2.68. The molecule has 0 aliphatic carbocycles. The van der Waals surface area contributed by atoms with E-state index in [9.17, 15) is 14.0 Å². The largest absolute Gasteiger partial charge is 0.366 e. The van der Waals surface area contributed by atoms with Crippen LogP contribution in [-0.2, 0) is 9.59 Å². The molecule has 0 atom stereocenters. The Morgan fingerprint density at radius 2 is 1.64 bits per heavy atom. The van der Waals surface area contributed by atoms with E-state index in [1.165, 1.54) is 6.07 Å². The molecule has 1 fully saturated rings. The fraction of sp³-hybridized carbons (Fsp3) is 0.364. The summed E-state index contributed by atoms with van der Waals surface area (Å²) < 4.78 is 13.9. The summed E-state index contributed by atoms with van der Waals surface area (Å²) in [5.41, 5.74) is 2.35. The van der Waals surface area contributed by atoms with E-state index >= 15 is 0 Å². The lowest BCUT2D eigenvalue weighted by Gasteiger charge is -2.36. The van der Waals surface area contributed by atoms with Crippen LogP contribution in [0.25, 0.3) is 0 Å². The molecule has 0 unspecified atom stereocenters. The van der Waals surface area contributed by atoms with Crippen LogP contribution in [0.15, 0.2) is 48.5 Å². The van der Waals surface area contributed by atoms with Crippen LogP contribution in [0.3, 0.4) is 0 Å². The van der Waals surface area contributed by atoms with E-state index < -0.39 is 0 Å². The predicted octanol–water partition coefficient (Wildman–Crippen LogP) is 3.63. The molecule has 6 heteroatoms. The Kier molecular flexibility index (Phi) is 6.29. The maximum Gasteiger partial charge on any atom is 0.233 e. The number of carbonyl (C=O) groups is 2. The van der Waals surface area contributed by atoms with Crippen molar-refractivity contribution in [2.75, 3.05) is 36.4 Å². The second-order valence-electron chi connectivity index (χ2n) is 7.29. The van der Waals surface area contributed by atoms with E-state index in [1.54, 1.807) is 23.1 Å². The van der Waals surface area contributed by atoms with E-state index in [0.29, 0.717) is 31.9 Å². The third kappa shape index (κ3) is 4.68. The summed E-state index contributed by atoms with van der Waals surface area (Å²) in [5.74, 6) is -0.494. The van der Waals surface area contributed by atoms with E-state index in [0.717, 1.165) is 11.3 Å². The van der Waals surface area contributed by atoms with E-state index in [-0.39, 0.29) is 30.0 Å². The first-order valence-electron chi connectivity index (χ1n) is 9.61. The summed E-state index contributed by atoms with van der Waals surface area (Å²) in [4.78, 5) is 28.5. The van der Waals surface area contributed by atoms with Crippen molar-refractivity contribution in [2.45, 2.75) is 26.2 Å². The third-order valence-electron chi connectivity index (χ3n) is 4.99. The molecule has 2 aromatic rings. The monoisotopic (exact) mass is 383 g/mol. The maximum atomic E-state index is 13.9. The van der Waals surface area contributed by atoms with Crippen molar-refractivity contribution in [3.8, 4) is 0 Å². The second kappa shape index (κ2) is 8.87. The van der Waals surface area contributed by atoms with Crippen molar-refractivity contribution in [2.24, 2.45) is 0 Å². The number of rotatable bonds is 5. The van der Waals surface area contributed by atoms with Gasteiger partial charge in [-0.25, -0.2) is 4.39 Å². The van der Waals surface area contributed by atoms with Gasteiger partial charge in [-0.15, -0.1) is 0 Å². The zero-order chi connectivity index (χ0) is 20.1. The summed E-state index contributed by atoms with van der Waals surface area (Å²) in [6.45, 7) is 6.16. The standard InChI is InChI=1S/C22H26FN3O2/c1-16(2)17-7-3-5-9-19(17)24-21(27)15-22(28)26-13-11-25(12-14-26)20-10-6-4-8-18(20)23/h3-10,16H,11-15H2,1-2H3,(H,24,27). The molecule has 1 aliphatic rings. The smallest absolute Gasteiger partial charge is 0.233 e. The highest BCUT2D eigenvalue weighted by molar-refractivity contribution is 6.04. The molecule has 1 heterocycles. The fourth-order valence-electron chi connectivity index (χ4n) is 3.46. The van der Waals surface area contributed by atoms with Gasteiger partial charge in [-0.3, -0.25) is 9.59 Å². The molecule has 1 N–H and O–H groups in total. The highest BCUT2D eigenvalue weighted by Crippen LogP contribution is 2.24. The summed E-state index contributed by atoms with van der Waals surface area (Å²) in [5, 5.41) is 2.86. The number of piperazine rings is 1. The van der Waals surface area contributed by atoms with Crippen molar-refractivity contribution in [3.05, 3.63) is 59.9 Å². The summed E-state index contributed by atoms with van der Waals surface area (Å²) in [6, 6.07) is 14.3. The van der Waals surface area contributed by atoms with E-state index in [4.69, 9.17) is 0 Å². The van der Waals surface area contributed by atoms with Crippen LogP contribution in [0, 0.1) is 5.82 Å². The Morgan fingerprint density at radius 1 is 1.00 bits per heavy atom. The second-order valence-corrected chi connectivity index (χ2v) is 7.29. The van der Waals surface area contributed by atoms with Gasteiger partial charge >= 0.3 is 0 Å². The van der Waals surface area contributed by atoms with E-state index in [2.05, 4.69) is 19.2 Å². The highest BCUT2D eigenvalue weighted by atomic mass is 19.1. The molecule has 2 aromatic carbocycles. The van der Waals surface area contributed by atoms with Gasteiger partial charge in [0.15, 0.2) is 0 Å². The molecule has 2 amide bonds. The summed E-state index contributed by atoms with van der Waals surface area (Å²) in [6.07, 6.45) is -0.188. The number of carbonyl (C=O) groups excluding carboxylic acids is 2. The first-order chi connectivity index (χ1) is 13.5. The summed E-state index contributed by atoms with van der Waals surface area (Å²) in [7, 11) is 0. The number of nitrogens with zero attached hydrogens (tertiary/aromatic N) is 2. The lowest BCUT2D eigenvalue weighted by atomic mass is 10.0. The molecular formula is C22H26FN3O2. The first kappa shape index (κ1) is 19.9. The third-order valence-corrected chi connectivity index (χ3v) is 4.99. The zero-order valence-corrected chi connectivity index (χ0v) is 16.3. The predicted molar refractivity (Wildman–Crippen MR) is 109 cm³/mol. The number of anilines is 2. The zero-order valence-electron chi connectivity index (χ0n) is 16.3. The molecule has 0 radical (unpaired) electrons. The number of hydrogen-bond donors (Lipinski definition) is 1. The molecule has 1 saturated heterocycles. The maximum absolute atomic E-state index is 13.9. The van der Waals surface area contributed by atoms with Crippen molar-refractivity contribution >= 4 is 23.2 Å². The minimum absolute atomic E-state index is 0.188. The quantitative estimate of drug-likeness (QED) is 0.803. The van der Waals surface area contributed by atoms with Crippen LogP contribution in [0.2, 0.25) is 0 Å². The minimum atomic E-state index is -0.311. The number of para-hydroxylation sites is 2. The molecule has 1 aliphatic heterocycles. The van der Waals surface area contributed by atoms with Gasteiger partial charge in [0.2, 0.25) is 11.8 Å². The molecule has 0 spiro atoms. The number of nitrogens with one attached hydrogen (secondary N) is 1. The van der Waals surface area contributed by atoms with Crippen LogP contribution in [0.4, 0.5) is 15.8 Å². The normalized spacial score (nSPS) is 14.3. The SMILES string of the molecule is CC(C)c1ccccc1NC(=O)CC(=O)N1CCN(c2ccccc2F)CC1. The van der Waals surface area contributed by atoms with E-state index in [1.807, 2.05) is 29.2 Å². The molecule has 0 saturated carbocycles. The number of amides is 2. The van der Waals surface area contributed by atoms with Crippen LogP contribution >= 0.6 is 0 Å². The molecule has 0 aromatic heterocycles. The molecule has 28 heavy (non-hydrogen) atoms. The van der Waals surface area contributed by atoms with Gasteiger partial charge in [-0.1, -0.05) is 44.2 Å². The first-order valence-corrected chi connectivity index (χ1v) is 9.61. The minimum Gasteiger partial charge on any atom is -0.366 e. The molecule has 3 rings (SSSR count). The van der Waals surface area contributed by atoms with Crippen LogP contribution < -0.4 is 10.2 Å². The van der Waals surface area contributed by atoms with Gasteiger partial charge in [0, 0.05) is 31.9 Å².